The highest BCUT2D eigenvalue weighted by Crippen LogP contribution is 2.31. The monoisotopic (exact) mass is 467 g/mol. The van der Waals surface area contributed by atoms with Gasteiger partial charge >= 0.3 is 0 Å². The summed E-state index contributed by atoms with van der Waals surface area (Å²) in [7, 11) is 0. The van der Waals surface area contributed by atoms with E-state index in [1.165, 1.54) is 11.8 Å². The van der Waals surface area contributed by atoms with E-state index in [0.717, 1.165) is 41.7 Å². The van der Waals surface area contributed by atoms with E-state index < -0.39 is 0 Å². The zero-order valence-corrected chi connectivity index (χ0v) is 18.8. The average Bonchev–Trinajstić information content (AvgIpc) is 3.53. The number of nitrogens with zero attached hydrogens (tertiary/aromatic N) is 3. The number of para-hydroxylation sites is 1. The lowest BCUT2D eigenvalue weighted by Crippen LogP contribution is -2.18. The lowest BCUT2D eigenvalue weighted by molar-refractivity contribution is -0.113. The Morgan fingerprint density at radius 3 is 3.00 bits per heavy atom. The number of aromatic nitrogens is 4. The molecule has 1 saturated heterocycles. The number of anilines is 1. The highest BCUT2D eigenvalue weighted by Gasteiger charge is 2.23. The van der Waals surface area contributed by atoms with Crippen molar-refractivity contribution < 1.29 is 9.53 Å². The molecule has 1 amide bonds. The molecule has 1 atom stereocenters. The molecule has 4 aromatic rings. The molecule has 1 fully saturated rings. The summed E-state index contributed by atoms with van der Waals surface area (Å²) in [4.78, 5) is 15.8. The Kier molecular flexibility index (Phi) is 6.16. The van der Waals surface area contributed by atoms with E-state index in [0.29, 0.717) is 22.4 Å². The number of benzene rings is 2. The molecule has 3 heterocycles. The van der Waals surface area contributed by atoms with Crippen LogP contribution in [-0.4, -0.2) is 44.1 Å². The van der Waals surface area contributed by atoms with Gasteiger partial charge in [0.1, 0.15) is 0 Å². The first kappa shape index (κ1) is 21.1. The predicted octanol–water partition coefficient (Wildman–Crippen LogP) is 4.99. The summed E-state index contributed by atoms with van der Waals surface area (Å²) >= 11 is 7.37. The fraction of sp³-hybridized carbons (Fsp3) is 0.261. The molecule has 164 valence electrons. The van der Waals surface area contributed by atoms with Gasteiger partial charge in [-0.25, -0.2) is 0 Å². The number of nitrogens with one attached hydrogen (secondary N) is 2. The molecule has 9 heteroatoms. The molecule has 5 rings (SSSR count). The fourth-order valence-corrected chi connectivity index (χ4v) is 4.84. The largest absolute Gasteiger partial charge is 0.376 e. The van der Waals surface area contributed by atoms with Crippen LogP contribution >= 0.6 is 23.4 Å². The van der Waals surface area contributed by atoms with Crippen molar-refractivity contribution in [2.75, 3.05) is 17.7 Å². The van der Waals surface area contributed by atoms with E-state index in [2.05, 4.69) is 31.1 Å². The lowest BCUT2D eigenvalue weighted by Gasteiger charge is -2.14. The number of ether oxygens (including phenoxy) is 1. The van der Waals surface area contributed by atoms with E-state index in [-0.39, 0.29) is 17.8 Å². The van der Waals surface area contributed by atoms with Gasteiger partial charge in [-0.1, -0.05) is 47.6 Å². The molecule has 0 aliphatic carbocycles. The molecule has 0 spiro atoms. The molecule has 0 saturated carbocycles. The van der Waals surface area contributed by atoms with E-state index in [1.807, 2.05) is 30.5 Å². The van der Waals surface area contributed by atoms with Crippen LogP contribution in [0.15, 0.2) is 59.9 Å². The van der Waals surface area contributed by atoms with Gasteiger partial charge in [-0.05, 0) is 37.1 Å². The Bertz CT molecular complexity index is 1250. The summed E-state index contributed by atoms with van der Waals surface area (Å²) < 4.78 is 7.94. The summed E-state index contributed by atoms with van der Waals surface area (Å²) in [5.74, 6) is 0.859. The third-order valence-electron chi connectivity index (χ3n) is 5.40. The minimum absolute atomic E-state index is 0.120. The van der Waals surface area contributed by atoms with Crippen molar-refractivity contribution in [2.45, 2.75) is 30.6 Å². The molecule has 2 aromatic heterocycles. The molecule has 0 bridgehead atoms. The number of aromatic amines is 1. The van der Waals surface area contributed by atoms with Gasteiger partial charge in [0.25, 0.3) is 0 Å². The van der Waals surface area contributed by atoms with Gasteiger partial charge in [0.2, 0.25) is 5.91 Å². The summed E-state index contributed by atoms with van der Waals surface area (Å²) in [6, 6.07) is 15.2. The Hall–Kier alpha value is -2.81. The second-order valence-electron chi connectivity index (χ2n) is 7.65. The lowest BCUT2D eigenvalue weighted by atomic mass is 10.1. The molecular weight excluding hydrogens is 446 g/mol. The van der Waals surface area contributed by atoms with Gasteiger partial charge in [-0.3, -0.25) is 9.36 Å². The van der Waals surface area contributed by atoms with Crippen LogP contribution < -0.4 is 5.32 Å². The number of fused-ring (bicyclic) bond motifs is 1. The van der Waals surface area contributed by atoms with Crippen LogP contribution in [0.1, 0.15) is 12.8 Å². The van der Waals surface area contributed by atoms with Crippen LogP contribution in [0.3, 0.4) is 0 Å². The second kappa shape index (κ2) is 9.36. The molecule has 7 nitrogen and oxygen atoms in total. The molecule has 1 aliphatic rings. The zero-order chi connectivity index (χ0) is 21.9. The maximum Gasteiger partial charge on any atom is 0.234 e. The highest BCUT2D eigenvalue weighted by molar-refractivity contribution is 7.99. The molecule has 2 N–H and O–H groups in total. The molecular formula is C23H22ClN5O2S. The Morgan fingerprint density at radius 2 is 2.16 bits per heavy atom. The molecule has 0 radical (unpaired) electrons. The van der Waals surface area contributed by atoms with Crippen LogP contribution in [0.5, 0.6) is 0 Å². The third-order valence-corrected chi connectivity index (χ3v) is 6.60. The minimum Gasteiger partial charge on any atom is -0.376 e. The Morgan fingerprint density at radius 1 is 1.25 bits per heavy atom. The number of hydrogen-bond donors (Lipinski definition) is 2. The fourth-order valence-electron chi connectivity index (χ4n) is 3.90. The first-order chi connectivity index (χ1) is 15.7. The number of thioether (sulfide) groups is 1. The Labute approximate surface area is 194 Å². The van der Waals surface area contributed by atoms with E-state index in [4.69, 9.17) is 16.3 Å². The summed E-state index contributed by atoms with van der Waals surface area (Å²) in [6.45, 7) is 1.43. The van der Waals surface area contributed by atoms with Crippen LogP contribution in [0.4, 0.5) is 5.69 Å². The van der Waals surface area contributed by atoms with Crippen LogP contribution in [0, 0.1) is 0 Å². The minimum atomic E-state index is -0.127. The number of hydrogen-bond acceptors (Lipinski definition) is 5. The SMILES string of the molecule is O=C(CSc1nnc(-c2c[nH]c3ccccc23)n1CC1CCCO1)Nc1cccc(Cl)c1. The van der Waals surface area contributed by atoms with Crippen molar-refractivity contribution >= 4 is 45.9 Å². The van der Waals surface area contributed by atoms with Crippen molar-refractivity contribution in [3.63, 3.8) is 0 Å². The van der Waals surface area contributed by atoms with E-state index in [1.54, 1.807) is 18.2 Å². The van der Waals surface area contributed by atoms with Gasteiger partial charge in [0.15, 0.2) is 11.0 Å². The van der Waals surface area contributed by atoms with Crippen molar-refractivity contribution in [2.24, 2.45) is 0 Å². The third kappa shape index (κ3) is 4.53. The van der Waals surface area contributed by atoms with Crippen molar-refractivity contribution in [3.8, 4) is 11.4 Å². The maximum absolute atomic E-state index is 12.5. The number of amides is 1. The van der Waals surface area contributed by atoms with Crippen molar-refractivity contribution in [1.82, 2.24) is 19.7 Å². The van der Waals surface area contributed by atoms with E-state index in [9.17, 15) is 4.79 Å². The number of carbonyl (C=O) groups is 1. The van der Waals surface area contributed by atoms with Crippen molar-refractivity contribution in [1.29, 1.82) is 0 Å². The average molecular weight is 468 g/mol. The van der Waals surface area contributed by atoms with Gasteiger partial charge in [0, 0.05) is 40.0 Å². The normalized spacial score (nSPS) is 16.0. The second-order valence-corrected chi connectivity index (χ2v) is 9.03. The summed E-state index contributed by atoms with van der Waals surface area (Å²) in [5, 5.41) is 14.1. The molecule has 1 aliphatic heterocycles. The number of H-pyrrole nitrogens is 1. The van der Waals surface area contributed by atoms with Gasteiger partial charge in [0.05, 0.1) is 18.4 Å². The van der Waals surface area contributed by atoms with Crippen LogP contribution in [0.25, 0.3) is 22.3 Å². The van der Waals surface area contributed by atoms with Crippen LogP contribution in [-0.2, 0) is 16.1 Å². The molecule has 32 heavy (non-hydrogen) atoms. The topological polar surface area (TPSA) is 84.8 Å². The highest BCUT2D eigenvalue weighted by atomic mass is 35.5. The predicted molar refractivity (Wildman–Crippen MR) is 127 cm³/mol. The summed E-state index contributed by atoms with van der Waals surface area (Å²) in [6.07, 6.45) is 4.14. The van der Waals surface area contributed by atoms with Gasteiger partial charge in [-0.15, -0.1) is 10.2 Å². The first-order valence-corrected chi connectivity index (χ1v) is 11.8. The maximum atomic E-state index is 12.5. The summed E-state index contributed by atoms with van der Waals surface area (Å²) in [5.41, 5.74) is 2.70. The van der Waals surface area contributed by atoms with E-state index >= 15 is 0 Å². The van der Waals surface area contributed by atoms with Crippen molar-refractivity contribution in [3.05, 3.63) is 59.8 Å². The van der Waals surface area contributed by atoms with Crippen LogP contribution in [0.2, 0.25) is 5.02 Å². The van der Waals surface area contributed by atoms with Gasteiger partial charge < -0.3 is 15.0 Å². The smallest absolute Gasteiger partial charge is 0.234 e. The molecule has 1 unspecified atom stereocenters. The van der Waals surface area contributed by atoms with Gasteiger partial charge in [-0.2, -0.15) is 0 Å². The first-order valence-electron chi connectivity index (χ1n) is 10.5. The number of halogens is 1. The Balaban J connectivity index is 1.38. The standard InChI is InChI=1S/C23H22ClN5O2S/c24-15-5-3-6-16(11-15)26-21(30)14-32-23-28-27-22(29(23)13-17-7-4-10-31-17)19-12-25-20-9-2-1-8-18(19)20/h1-3,5-6,8-9,11-12,17,25H,4,7,10,13-14H2,(H,26,30). The quantitative estimate of drug-likeness (QED) is 0.374. The molecule has 2 aromatic carbocycles. The zero-order valence-electron chi connectivity index (χ0n) is 17.3. The number of rotatable bonds is 7. The number of carbonyl (C=O) groups excluding carboxylic acids is 1.